The molecule has 1 fully saturated rings. The van der Waals surface area contributed by atoms with Crippen molar-refractivity contribution in [2.75, 3.05) is 16.8 Å². The van der Waals surface area contributed by atoms with Crippen LogP contribution in [-0.4, -0.2) is 38.9 Å². The SMILES string of the molecule is Cc1noc([C@@H](C)Nc2nccc(N3C(=O)OC[C@@H]3C(C)C)n2)n1. The first kappa shape index (κ1) is 16.2. The van der Waals surface area contributed by atoms with Crippen LogP contribution in [0, 0.1) is 12.8 Å². The average molecular weight is 332 g/mol. The van der Waals surface area contributed by atoms with Crippen molar-refractivity contribution < 1.29 is 14.1 Å². The summed E-state index contributed by atoms with van der Waals surface area (Å²) < 4.78 is 10.3. The first-order valence-corrected chi connectivity index (χ1v) is 7.81. The lowest BCUT2D eigenvalue weighted by Crippen LogP contribution is -2.37. The summed E-state index contributed by atoms with van der Waals surface area (Å²) >= 11 is 0. The molecule has 9 nitrogen and oxygen atoms in total. The lowest BCUT2D eigenvalue weighted by molar-refractivity contribution is 0.177. The van der Waals surface area contributed by atoms with Gasteiger partial charge in [-0.25, -0.2) is 9.78 Å². The second-order valence-electron chi connectivity index (χ2n) is 6.04. The van der Waals surface area contributed by atoms with Crippen LogP contribution in [0.3, 0.4) is 0 Å². The lowest BCUT2D eigenvalue weighted by Gasteiger charge is -2.23. The topological polar surface area (TPSA) is 106 Å². The molecular weight excluding hydrogens is 312 g/mol. The van der Waals surface area contributed by atoms with Gasteiger partial charge in [0.25, 0.3) is 0 Å². The molecule has 0 bridgehead atoms. The van der Waals surface area contributed by atoms with Gasteiger partial charge in [-0.15, -0.1) is 0 Å². The minimum absolute atomic E-state index is 0.0451. The molecule has 1 aliphatic heterocycles. The number of nitrogens with one attached hydrogen (secondary N) is 1. The zero-order chi connectivity index (χ0) is 17.3. The van der Waals surface area contributed by atoms with Crippen LogP contribution in [0.1, 0.15) is 38.5 Å². The molecule has 128 valence electrons. The first-order valence-electron chi connectivity index (χ1n) is 7.81. The molecule has 0 spiro atoms. The smallest absolute Gasteiger partial charge is 0.415 e. The Bertz CT molecular complexity index is 732. The van der Waals surface area contributed by atoms with Crippen LogP contribution in [0.15, 0.2) is 16.8 Å². The molecule has 0 aliphatic carbocycles. The normalized spacial score (nSPS) is 18.8. The highest BCUT2D eigenvalue weighted by Gasteiger charge is 2.37. The number of aryl methyl sites for hydroxylation is 1. The summed E-state index contributed by atoms with van der Waals surface area (Å²) in [6.07, 6.45) is 1.21. The van der Waals surface area contributed by atoms with Gasteiger partial charge in [0.15, 0.2) is 5.82 Å². The van der Waals surface area contributed by atoms with Gasteiger partial charge in [0, 0.05) is 6.20 Å². The van der Waals surface area contributed by atoms with Crippen LogP contribution in [0.2, 0.25) is 0 Å². The van der Waals surface area contributed by atoms with Crippen molar-refractivity contribution in [3.05, 3.63) is 24.0 Å². The van der Waals surface area contributed by atoms with Crippen molar-refractivity contribution in [1.29, 1.82) is 0 Å². The molecule has 2 aromatic heterocycles. The zero-order valence-electron chi connectivity index (χ0n) is 14.1. The molecule has 3 heterocycles. The van der Waals surface area contributed by atoms with E-state index in [-0.39, 0.29) is 24.1 Å². The number of hydrogen-bond acceptors (Lipinski definition) is 8. The van der Waals surface area contributed by atoms with Gasteiger partial charge >= 0.3 is 6.09 Å². The Morgan fingerprint density at radius 2 is 2.12 bits per heavy atom. The Balaban J connectivity index is 1.80. The quantitative estimate of drug-likeness (QED) is 0.889. The molecule has 2 aromatic rings. The molecule has 1 aliphatic rings. The number of carbonyl (C=O) groups excluding carboxylic acids is 1. The van der Waals surface area contributed by atoms with E-state index in [9.17, 15) is 4.79 Å². The molecule has 1 amide bonds. The van der Waals surface area contributed by atoms with Gasteiger partial charge < -0.3 is 14.6 Å². The maximum Gasteiger partial charge on any atom is 0.415 e. The van der Waals surface area contributed by atoms with Gasteiger partial charge in [-0.2, -0.15) is 9.97 Å². The van der Waals surface area contributed by atoms with Gasteiger partial charge in [-0.3, -0.25) is 4.90 Å². The van der Waals surface area contributed by atoms with E-state index >= 15 is 0 Å². The fraction of sp³-hybridized carbons (Fsp3) is 0.533. The number of aromatic nitrogens is 4. The summed E-state index contributed by atoms with van der Waals surface area (Å²) in [5.41, 5.74) is 0. The van der Waals surface area contributed by atoms with Gasteiger partial charge in [0.1, 0.15) is 18.5 Å². The van der Waals surface area contributed by atoms with Crippen LogP contribution in [-0.2, 0) is 4.74 Å². The fourth-order valence-corrected chi connectivity index (χ4v) is 2.49. The van der Waals surface area contributed by atoms with E-state index in [2.05, 4.69) is 25.4 Å². The summed E-state index contributed by atoms with van der Waals surface area (Å²) in [6.45, 7) is 8.06. The molecule has 0 radical (unpaired) electrons. The predicted octanol–water partition coefficient (Wildman–Crippen LogP) is 2.32. The number of anilines is 2. The molecule has 24 heavy (non-hydrogen) atoms. The van der Waals surface area contributed by atoms with Crippen molar-refractivity contribution in [2.45, 2.75) is 39.8 Å². The second kappa shape index (κ2) is 6.42. The van der Waals surface area contributed by atoms with E-state index < -0.39 is 0 Å². The highest BCUT2D eigenvalue weighted by Crippen LogP contribution is 2.26. The Morgan fingerprint density at radius 3 is 2.79 bits per heavy atom. The van der Waals surface area contributed by atoms with Gasteiger partial charge in [-0.05, 0) is 25.8 Å². The second-order valence-corrected chi connectivity index (χ2v) is 6.04. The Labute approximate surface area is 139 Å². The number of ether oxygens (including phenoxy) is 1. The van der Waals surface area contributed by atoms with Crippen LogP contribution >= 0.6 is 0 Å². The summed E-state index contributed by atoms with van der Waals surface area (Å²) in [5.74, 6) is 2.14. The summed E-state index contributed by atoms with van der Waals surface area (Å²) in [7, 11) is 0. The van der Waals surface area contributed by atoms with E-state index in [4.69, 9.17) is 9.26 Å². The van der Waals surface area contributed by atoms with E-state index in [0.717, 1.165) is 0 Å². The van der Waals surface area contributed by atoms with Gasteiger partial charge in [0.05, 0.1) is 6.04 Å². The molecule has 0 unspecified atom stereocenters. The van der Waals surface area contributed by atoms with Crippen molar-refractivity contribution in [3.8, 4) is 0 Å². The standard InChI is InChI=1S/C15H20N6O3/c1-8(2)11-7-23-15(22)21(11)12-5-6-16-14(19-12)17-9(3)13-18-10(4)20-24-13/h5-6,8-9,11H,7H2,1-4H3,(H,16,17,19)/t9-,11-/m1/s1. The summed E-state index contributed by atoms with van der Waals surface area (Å²) in [6, 6.07) is 1.39. The monoisotopic (exact) mass is 332 g/mol. The van der Waals surface area contributed by atoms with Crippen LogP contribution in [0.25, 0.3) is 0 Å². The number of rotatable bonds is 5. The summed E-state index contributed by atoms with van der Waals surface area (Å²) in [4.78, 5) is 26.4. The Kier molecular flexibility index (Phi) is 4.32. The molecule has 2 atom stereocenters. The van der Waals surface area contributed by atoms with Crippen molar-refractivity contribution in [2.24, 2.45) is 5.92 Å². The van der Waals surface area contributed by atoms with E-state index in [0.29, 0.717) is 30.1 Å². The van der Waals surface area contributed by atoms with Crippen molar-refractivity contribution in [1.82, 2.24) is 20.1 Å². The minimum Gasteiger partial charge on any atom is -0.447 e. The van der Waals surface area contributed by atoms with Gasteiger partial charge in [-0.1, -0.05) is 19.0 Å². The third-order valence-electron chi connectivity index (χ3n) is 3.82. The number of nitrogens with zero attached hydrogens (tertiary/aromatic N) is 5. The molecule has 3 rings (SSSR count). The van der Waals surface area contributed by atoms with Crippen molar-refractivity contribution in [3.63, 3.8) is 0 Å². The van der Waals surface area contributed by atoms with Crippen LogP contribution < -0.4 is 10.2 Å². The number of carbonyl (C=O) groups is 1. The third-order valence-corrected chi connectivity index (χ3v) is 3.82. The highest BCUT2D eigenvalue weighted by atomic mass is 16.6. The van der Waals surface area contributed by atoms with Crippen LogP contribution in [0.4, 0.5) is 16.6 Å². The summed E-state index contributed by atoms with van der Waals surface area (Å²) in [5, 5.41) is 6.86. The molecule has 0 aromatic carbocycles. The maximum atomic E-state index is 12.0. The lowest BCUT2D eigenvalue weighted by atomic mass is 10.0. The number of hydrogen-bond donors (Lipinski definition) is 1. The molecule has 0 saturated carbocycles. The number of amides is 1. The maximum absolute atomic E-state index is 12.0. The van der Waals surface area contributed by atoms with E-state index in [1.165, 1.54) is 0 Å². The highest BCUT2D eigenvalue weighted by molar-refractivity contribution is 5.89. The first-order chi connectivity index (χ1) is 11.5. The molecule has 1 N–H and O–H groups in total. The average Bonchev–Trinajstić information content (AvgIpc) is 3.13. The third kappa shape index (κ3) is 3.15. The molecular formula is C15H20N6O3. The van der Waals surface area contributed by atoms with Gasteiger partial charge in [0.2, 0.25) is 11.8 Å². The molecule has 9 heteroatoms. The van der Waals surface area contributed by atoms with E-state index in [1.54, 1.807) is 24.1 Å². The zero-order valence-corrected chi connectivity index (χ0v) is 14.1. The Hall–Kier alpha value is -2.71. The predicted molar refractivity (Wildman–Crippen MR) is 85.6 cm³/mol. The fourth-order valence-electron chi connectivity index (χ4n) is 2.49. The van der Waals surface area contributed by atoms with Crippen molar-refractivity contribution >= 4 is 17.9 Å². The largest absolute Gasteiger partial charge is 0.447 e. The van der Waals surface area contributed by atoms with E-state index in [1.807, 2.05) is 20.8 Å². The van der Waals surface area contributed by atoms with Crippen LogP contribution in [0.5, 0.6) is 0 Å². The number of cyclic esters (lactones) is 1. The molecule has 1 saturated heterocycles. The Morgan fingerprint density at radius 1 is 1.33 bits per heavy atom. The minimum atomic E-state index is -0.390.